The van der Waals surface area contributed by atoms with Gasteiger partial charge < -0.3 is 10.6 Å². The van der Waals surface area contributed by atoms with Gasteiger partial charge in [-0.15, -0.1) is 0 Å². The zero-order chi connectivity index (χ0) is 10.8. The number of aromatic nitrogens is 2. The van der Waals surface area contributed by atoms with Crippen molar-refractivity contribution in [1.82, 2.24) is 15.3 Å². The van der Waals surface area contributed by atoms with E-state index in [1.807, 2.05) is 0 Å². The van der Waals surface area contributed by atoms with E-state index in [4.69, 9.17) is 0 Å². The van der Waals surface area contributed by atoms with E-state index in [2.05, 4.69) is 41.4 Å². The average Bonchev–Trinajstić information content (AvgIpc) is 2.16. The highest BCUT2D eigenvalue weighted by Crippen LogP contribution is 2.16. The molecular weight excluding hydrogens is 188 g/mol. The topological polar surface area (TPSA) is 49.8 Å². The summed E-state index contributed by atoms with van der Waals surface area (Å²) in [6.07, 6.45) is 1.01. The lowest BCUT2D eigenvalue weighted by Gasteiger charge is -2.19. The highest BCUT2D eigenvalue weighted by molar-refractivity contribution is 5.36. The number of hydrogen-bond donors (Lipinski definition) is 2. The zero-order valence-electron chi connectivity index (χ0n) is 9.59. The van der Waals surface area contributed by atoms with Crippen molar-refractivity contribution < 1.29 is 0 Å². The molecule has 1 aliphatic rings. The number of fused-ring (bicyclic) bond motifs is 1. The molecule has 1 aromatic heterocycles. The molecule has 0 fully saturated rings. The van der Waals surface area contributed by atoms with Crippen LogP contribution in [0.5, 0.6) is 0 Å². The Hall–Kier alpha value is -1.16. The van der Waals surface area contributed by atoms with Crippen LogP contribution in [0.15, 0.2) is 0 Å². The first-order valence-corrected chi connectivity index (χ1v) is 5.50. The van der Waals surface area contributed by atoms with Crippen LogP contribution in [-0.2, 0) is 13.0 Å². The fourth-order valence-electron chi connectivity index (χ4n) is 1.84. The molecule has 0 saturated heterocycles. The predicted molar refractivity (Wildman–Crippen MR) is 60.9 cm³/mol. The maximum Gasteiger partial charge on any atom is 0.223 e. The van der Waals surface area contributed by atoms with Crippen molar-refractivity contribution in [2.75, 3.05) is 11.9 Å². The molecule has 0 unspecified atom stereocenters. The van der Waals surface area contributed by atoms with Gasteiger partial charge in [0.2, 0.25) is 5.95 Å². The van der Waals surface area contributed by atoms with Crippen molar-refractivity contribution in [3.8, 4) is 0 Å². The maximum absolute atomic E-state index is 4.55. The summed E-state index contributed by atoms with van der Waals surface area (Å²) in [5, 5.41) is 6.59. The van der Waals surface area contributed by atoms with Crippen molar-refractivity contribution >= 4 is 5.95 Å². The normalized spacial score (nSPS) is 15.2. The minimum Gasteiger partial charge on any atom is -0.352 e. The molecule has 0 aromatic carbocycles. The van der Waals surface area contributed by atoms with Gasteiger partial charge in [-0.2, -0.15) is 0 Å². The fraction of sp³-hybridized carbons (Fsp3) is 0.636. The van der Waals surface area contributed by atoms with Crippen LogP contribution in [0, 0.1) is 6.92 Å². The van der Waals surface area contributed by atoms with Gasteiger partial charge in [0.25, 0.3) is 0 Å². The van der Waals surface area contributed by atoms with Gasteiger partial charge in [-0.1, -0.05) is 0 Å². The summed E-state index contributed by atoms with van der Waals surface area (Å²) in [5.41, 5.74) is 3.57. The molecule has 0 atom stereocenters. The van der Waals surface area contributed by atoms with Gasteiger partial charge in [-0.3, -0.25) is 0 Å². The smallest absolute Gasteiger partial charge is 0.223 e. The third-order valence-corrected chi connectivity index (χ3v) is 2.56. The highest BCUT2D eigenvalue weighted by Gasteiger charge is 2.14. The van der Waals surface area contributed by atoms with Crippen LogP contribution < -0.4 is 10.6 Å². The van der Waals surface area contributed by atoms with E-state index < -0.39 is 0 Å². The molecule has 2 rings (SSSR count). The fourth-order valence-corrected chi connectivity index (χ4v) is 1.84. The lowest BCUT2D eigenvalue weighted by molar-refractivity contribution is 0.621. The lowest BCUT2D eigenvalue weighted by atomic mass is 10.1. The first-order valence-electron chi connectivity index (χ1n) is 5.50. The molecule has 0 radical (unpaired) electrons. The molecule has 82 valence electrons. The van der Waals surface area contributed by atoms with Crippen molar-refractivity contribution in [3.63, 3.8) is 0 Å². The Bertz CT molecular complexity index is 360. The molecular formula is C11H18N4. The first-order chi connectivity index (χ1) is 7.16. The minimum absolute atomic E-state index is 0.379. The van der Waals surface area contributed by atoms with Gasteiger partial charge in [0.05, 0.1) is 5.69 Å². The van der Waals surface area contributed by atoms with Crippen molar-refractivity contribution in [1.29, 1.82) is 0 Å². The van der Waals surface area contributed by atoms with E-state index in [-0.39, 0.29) is 0 Å². The van der Waals surface area contributed by atoms with Crippen molar-refractivity contribution in [2.45, 2.75) is 39.8 Å². The van der Waals surface area contributed by atoms with Crippen LogP contribution in [0.4, 0.5) is 5.95 Å². The Morgan fingerprint density at radius 3 is 2.87 bits per heavy atom. The number of aryl methyl sites for hydroxylation is 1. The second-order valence-electron chi connectivity index (χ2n) is 4.28. The molecule has 0 spiro atoms. The van der Waals surface area contributed by atoms with E-state index in [0.717, 1.165) is 31.2 Å². The Labute approximate surface area is 90.5 Å². The second-order valence-corrected chi connectivity index (χ2v) is 4.28. The van der Waals surface area contributed by atoms with Crippen molar-refractivity contribution in [3.05, 3.63) is 17.0 Å². The van der Waals surface area contributed by atoms with Crippen LogP contribution in [0.1, 0.15) is 30.8 Å². The third kappa shape index (κ3) is 2.26. The van der Waals surface area contributed by atoms with Crippen molar-refractivity contribution in [2.24, 2.45) is 0 Å². The minimum atomic E-state index is 0.379. The number of anilines is 1. The van der Waals surface area contributed by atoms with E-state index >= 15 is 0 Å². The Morgan fingerprint density at radius 2 is 2.13 bits per heavy atom. The quantitative estimate of drug-likeness (QED) is 0.764. The van der Waals surface area contributed by atoms with Gasteiger partial charge in [0.15, 0.2) is 0 Å². The van der Waals surface area contributed by atoms with E-state index in [1.54, 1.807) is 0 Å². The van der Waals surface area contributed by atoms with Crippen LogP contribution >= 0.6 is 0 Å². The van der Waals surface area contributed by atoms with Crippen LogP contribution in [0.3, 0.4) is 0 Å². The summed E-state index contributed by atoms with van der Waals surface area (Å²) in [7, 11) is 0. The molecule has 4 heteroatoms. The molecule has 0 aliphatic carbocycles. The summed E-state index contributed by atoms with van der Waals surface area (Å²) in [6.45, 7) is 8.17. The molecule has 15 heavy (non-hydrogen) atoms. The summed E-state index contributed by atoms with van der Waals surface area (Å²) >= 11 is 0. The summed E-state index contributed by atoms with van der Waals surface area (Å²) in [4.78, 5) is 9.02. The molecule has 1 aliphatic heterocycles. The van der Waals surface area contributed by atoms with Gasteiger partial charge in [0, 0.05) is 36.8 Å². The number of rotatable bonds is 2. The molecule has 0 bridgehead atoms. The van der Waals surface area contributed by atoms with Gasteiger partial charge in [-0.05, 0) is 20.8 Å². The molecule has 2 N–H and O–H groups in total. The SMILES string of the molecule is Cc1nc(NC(C)C)nc2c1CNCC2. The maximum atomic E-state index is 4.55. The average molecular weight is 206 g/mol. The monoisotopic (exact) mass is 206 g/mol. The standard InChI is InChI=1S/C11H18N4/c1-7(2)13-11-14-8(3)9-6-12-5-4-10(9)15-11/h7,12H,4-6H2,1-3H3,(H,13,14,15). The largest absolute Gasteiger partial charge is 0.352 e. The van der Waals surface area contributed by atoms with E-state index in [0.29, 0.717) is 6.04 Å². The first kappa shape index (κ1) is 10.4. The van der Waals surface area contributed by atoms with Gasteiger partial charge >= 0.3 is 0 Å². The van der Waals surface area contributed by atoms with Crippen LogP contribution in [0.2, 0.25) is 0 Å². The Morgan fingerprint density at radius 1 is 1.33 bits per heavy atom. The lowest BCUT2D eigenvalue weighted by Crippen LogP contribution is -2.27. The molecule has 0 amide bonds. The molecule has 2 heterocycles. The number of hydrogen-bond acceptors (Lipinski definition) is 4. The summed E-state index contributed by atoms with van der Waals surface area (Å²) in [5.74, 6) is 0.767. The van der Waals surface area contributed by atoms with Gasteiger partial charge in [-0.25, -0.2) is 9.97 Å². The highest BCUT2D eigenvalue weighted by atomic mass is 15.1. The summed E-state index contributed by atoms with van der Waals surface area (Å²) < 4.78 is 0. The number of nitrogens with zero attached hydrogens (tertiary/aromatic N) is 2. The molecule has 0 saturated carbocycles. The Balaban J connectivity index is 2.32. The van der Waals surface area contributed by atoms with Crippen LogP contribution in [-0.4, -0.2) is 22.6 Å². The second kappa shape index (κ2) is 4.14. The summed E-state index contributed by atoms with van der Waals surface area (Å²) in [6, 6.07) is 0.379. The van der Waals surface area contributed by atoms with Gasteiger partial charge in [0.1, 0.15) is 0 Å². The van der Waals surface area contributed by atoms with E-state index in [9.17, 15) is 0 Å². The zero-order valence-corrected chi connectivity index (χ0v) is 9.59. The third-order valence-electron chi connectivity index (χ3n) is 2.56. The molecule has 1 aromatic rings. The van der Waals surface area contributed by atoms with E-state index in [1.165, 1.54) is 11.3 Å². The Kier molecular flexibility index (Phi) is 2.86. The molecule has 4 nitrogen and oxygen atoms in total. The number of nitrogens with one attached hydrogen (secondary N) is 2. The van der Waals surface area contributed by atoms with Crippen LogP contribution in [0.25, 0.3) is 0 Å². The predicted octanol–water partition coefficient (Wildman–Crippen LogP) is 1.25.